The molecule has 0 unspecified atom stereocenters. The van der Waals surface area contributed by atoms with E-state index < -0.39 is 0 Å². The van der Waals surface area contributed by atoms with Gasteiger partial charge in [-0.05, 0) is 65.7 Å². The van der Waals surface area contributed by atoms with E-state index in [1.807, 2.05) is 18.2 Å². The van der Waals surface area contributed by atoms with Gasteiger partial charge in [0, 0.05) is 32.9 Å². The Kier molecular flexibility index (Phi) is 5.22. The molecule has 0 saturated heterocycles. The van der Waals surface area contributed by atoms with Crippen molar-refractivity contribution in [3.8, 4) is 28.6 Å². The van der Waals surface area contributed by atoms with Crippen LogP contribution in [0.3, 0.4) is 0 Å². The van der Waals surface area contributed by atoms with Gasteiger partial charge < -0.3 is 9.13 Å². The summed E-state index contributed by atoms with van der Waals surface area (Å²) in [5.41, 5.74) is 9.52. The van der Waals surface area contributed by atoms with E-state index >= 15 is 0 Å². The molecule has 0 fully saturated rings. The van der Waals surface area contributed by atoms with Crippen molar-refractivity contribution < 1.29 is 0 Å². The second-order valence-corrected chi connectivity index (χ2v) is 10.4. The van der Waals surface area contributed by atoms with Gasteiger partial charge in [-0.25, -0.2) is 4.85 Å². The Morgan fingerprint density at radius 2 is 1.10 bits per heavy atom. The molecule has 8 rings (SSSR count). The number of hydrogen-bond acceptors (Lipinski definition) is 1. The molecule has 42 heavy (non-hydrogen) atoms. The molecular weight excluding hydrogens is 512 g/mol. The quantitative estimate of drug-likeness (QED) is 0.208. The fourth-order valence-electron chi connectivity index (χ4n) is 6.29. The molecule has 0 aliphatic carbocycles. The van der Waals surface area contributed by atoms with Gasteiger partial charge in [-0.2, -0.15) is 5.26 Å². The van der Waals surface area contributed by atoms with E-state index in [0.29, 0.717) is 11.3 Å². The monoisotopic (exact) mass is 534 g/mol. The molecule has 6 aromatic carbocycles. The maximum Gasteiger partial charge on any atom is 0.204 e. The van der Waals surface area contributed by atoms with Crippen molar-refractivity contribution in [2.45, 2.75) is 0 Å². The van der Waals surface area contributed by atoms with Gasteiger partial charge in [0.15, 0.2) is 0 Å². The van der Waals surface area contributed by atoms with Crippen LogP contribution in [0.25, 0.3) is 71.0 Å². The third-order valence-corrected chi connectivity index (χ3v) is 8.17. The first-order valence-corrected chi connectivity index (χ1v) is 13.8. The van der Waals surface area contributed by atoms with Gasteiger partial charge in [0.2, 0.25) is 5.69 Å². The summed E-state index contributed by atoms with van der Waals surface area (Å²) in [6, 6.07) is 48.5. The molecule has 8 aromatic rings. The smallest absolute Gasteiger partial charge is 0.204 e. The van der Waals surface area contributed by atoms with E-state index in [1.165, 1.54) is 21.8 Å². The van der Waals surface area contributed by atoms with Crippen LogP contribution in [0.2, 0.25) is 0 Å². The van der Waals surface area contributed by atoms with E-state index in [2.05, 4.69) is 129 Å². The molecule has 0 atom stereocenters. The first-order valence-electron chi connectivity index (χ1n) is 13.8. The summed E-state index contributed by atoms with van der Waals surface area (Å²) in [7, 11) is 0. The third-order valence-electron chi connectivity index (χ3n) is 8.17. The first kappa shape index (κ1) is 23.8. The molecule has 194 valence electrons. The van der Waals surface area contributed by atoms with Crippen molar-refractivity contribution in [1.29, 1.82) is 5.26 Å². The Hall–Kier alpha value is -6.10. The normalized spacial score (nSPS) is 11.3. The molecule has 0 aliphatic rings. The molecule has 0 N–H and O–H groups in total. The summed E-state index contributed by atoms with van der Waals surface area (Å²) in [6.07, 6.45) is 0. The molecule has 0 radical (unpaired) electrons. The first-order chi connectivity index (χ1) is 20.7. The lowest BCUT2D eigenvalue weighted by Gasteiger charge is -2.10. The van der Waals surface area contributed by atoms with Crippen LogP contribution in [0.15, 0.2) is 133 Å². The van der Waals surface area contributed by atoms with Crippen LogP contribution in [0.1, 0.15) is 5.56 Å². The lowest BCUT2D eigenvalue weighted by Crippen LogP contribution is -1.94. The second kappa shape index (κ2) is 9.24. The zero-order chi connectivity index (χ0) is 28.2. The van der Waals surface area contributed by atoms with Crippen molar-refractivity contribution in [3.63, 3.8) is 0 Å². The van der Waals surface area contributed by atoms with Crippen molar-refractivity contribution in [3.05, 3.63) is 150 Å². The molecule has 4 heteroatoms. The van der Waals surface area contributed by atoms with Crippen LogP contribution >= 0.6 is 0 Å². The number of fused-ring (bicyclic) bond motifs is 6. The second-order valence-electron chi connectivity index (χ2n) is 10.4. The van der Waals surface area contributed by atoms with Crippen molar-refractivity contribution in [2.75, 3.05) is 0 Å². The van der Waals surface area contributed by atoms with E-state index in [1.54, 1.807) is 6.07 Å². The van der Waals surface area contributed by atoms with Gasteiger partial charge in [0.25, 0.3) is 0 Å². The van der Waals surface area contributed by atoms with Crippen LogP contribution in [-0.4, -0.2) is 9.13 Å². The highest BCUT2D eigenvalue weighted by Gasteiger charge is 2.16. The number of benzene rings is 6. The van der Waals surface area contributed by atoms with Crippen LogP contribution in [-0.2, 0) is 0 Å². The molecule has 0 amide bonds. The molecule has 0 saturated carbocycles. The molecule has 0 spiro atoms. The molecule has 4 nitrogen and oxygen atoms in total. The highest BCUT2D eigenvalue weighted by molar-refractivity contribution is 6.12. The van der Waals surface area contributed by atoms with E-state index in [4.69, 9.17) is 6.57 Å². The maximum atomic E-state index is 9.67. The minimum Gasteiger partial charge on any atom is -0.309 e. The van der Waals surface area contributed by atoms with Gasteiger partial charge in [0.05, 0.1) is 40.3 Å². The van der Waals surface area contributed by atoms with Crippen molar-refractivity contribution in [1.82, 2.24) is 9.13 Å². The van der Waals surface area contributed by atoms with E-state index in [9.17, 15) is 5.26 Å². The lowest BCUT2D eigenvalue weighted by molar-refractivity contribution is 1.18. The van der Waals surface area contributed by atoms with Crippen LogP contribution in [0.4, 0.5) is 5.69 Å². The molecule has 2 aromatic heterocycles. The largest absolute Gasteiger partial charge is 0.309 e. The number of nitrogens with zero attached hydrogens (tertiary/aromatic N) is 4. The number of para-hydroxylation sites is 3. The fraction of sp³-hybridized carbons (Fsp3) is 0. The fourth-order valence-corrected chi connectivity index (χ4v) is 6.29. The van der Waals surface area contributed by atoms with E-state index in [0.717, 1.165) is 44.3 Å². The standard InChI is InChI=1S/C38H22N4/c1-40-34-19-17-29(21-27(34)24-39)42-36-14-8-6-12-31(36)33-22-25(16-20-37(33)42)26-15-18-32-30-11-5-7-13-35(30)41(38(32)23-26)28-9-3-2-4-10-28/h2-23H. The highest BCUT2D eigenvalue weighted by Crippen LogP contribution is 2.38. The van der Waals surface area contributed by atoms with Crippen LogP contribution in [0, 0.1) is 17.9 Å². The SMILES string of the molecule is [C-]#[N+]c1ccc(-n2c3ccccc3c3cc(-c4ccc5c6ccccc6n(-c6ccccc6)c5c4)ccc32)cc1C#N. The zero-order valence-electron chi connectivity index (χ0n) is 22.5. The van der Waals surface area contributed by atoms with Gasteiger partial charge in [0.1, 0.15) is 0 Å². The molecule has 0 bridgehead atoms. The zero-order valence-corrected chi connectivity index (χ0v) is 22.5. The molecule has 0 aliphatic heterocycles. The summed E-state index contributed by atoms with van der Waals surface area (Å²) in [5, 5.41) is 14.4. The summed E-state index contributed by atoms with van der Waals surface area (Å²) >= 11 is 0. The predicted octanol–water partition coefficient (Wildman–Crippen LogP) is 9.97. The average Bonchev–Trinajstić information content (AvgIpc) is 3.57. The molecule has 2 heterocycles. The number of nitriles is 1. The Morgan fingerprint density at radius 3 is 1.83 bits per heavy atom. The Labute approximate surface area is 242 Å². The van der Waals surface area contributed by atoms with Gasteiger partial charge in [-0.1, -0.05) is 78.9 Å². The van der Waals surface area contributed by atoms with Gasteiger partial charge >= 0.3 is 0 Å². The van der Waals surface area contributed by atoms with Crippen molar-refractivity contribution in [2.24, 2.45) is 0 Å². The van der Waals surface area contributed by atoms with E-state index in [-0.39, 0.29) is 0 Å². The number of rotatable bonds is 3. The lowest BCUT2D eigenvalue weighted by atomic mass is 10.0. The van der Waals surface area contributed by atoms with Crippen LogP contribution in [0.5, 0.6) is 0 Å². The van der Waals surface area contributed by atoms with Crippen LogP contribution < -0.4 is 0 Å². The third kappa shape index (κ3) is 3.47. The Morgan fingerprint density at radius 1 is 0.500 bits per heavy atom. The van der Waals surface area contributed by atoms with Gasteiger partial charge in [-0.15, -0.1) is 0 Å². The Balaban J connectivity index is 1.36. The van der Waals surface area contributed by atoms with Crippen molar-refractivity contribution >= 4 is 49.3 Å². The average molecular weight is 535 g/mol. The summed E-state index contributed by atoms with van der Waals surface area (Å²) < 4.78 is 4.53. The minimum atomic E-state index is 0.368. The topological polar surface area (TPSA) is 38.0 Å². The highest BCUT2D eigenvalue weighted by atomic mass is 15.0. The summed E-state index contributed by atoms with van der Waals surface area (Å²) in [4.78, 5) is 3.51. The predicted molar refractivity (Wildman–Crippen MR) is 172 cm³/mol. The summed E-state index contributed by atoms with van der Waals surface area (Å²) in [5.74, 6) is 0. The summed E-state index contributed by atoms with van der Waals surface area (Å²) in [6.45, 7) is 7.41. The number of hydrogen-bond donors (Lipinski definition) is 0. The maximum absolute atomic E-state index is 9.67. The van der Waals surface area contributed by atoms with Gasteiger partial charge in [-0.3, -0.25) is 0 Å². The number of aromatic nitrogens is 2. The Bertz CT molecular complexity index is 2430. The minimum absolute atomic E-state index is 0.368. The molecular formula is C38H22N4.